The summed E-state index contributed by atoms with van der Waals surface area (Å²) >= 11 is 0. The molecule has 3 aromatic carbocycles. The normalized spacial score (nSPS) is 14.7. The maximum atomic E-state index is 12.7. The van der Waals surface area contributed by atoms with Gasteiger partial charge >= 0.3 is 0 Å². The van der Waals surface area contributed by atoms with Gasteiger partial charge in [0, 0.05) is 35.4 Å². The van der Waals surface area contributed by atoms with Crippen LogP contribution in [0.1, 0.15) is 117 Å². The molecule has 0 amide bonds. The van der Waals surface area contributed by atoms with Gasteiger partial charge in [0.2, 0.25) is 0 Å². The third-order valence-electron chi connectivity index (χ3n) is 11.7. The molecule has 9 nitrogen and oxygen atoms in total. The van der Waals surface area contributed by atoms with Gasteiger partial charge in [-0.1, -0.05) is 96.9 Å². The minimum absolute atomic E-state index is 0.107. The van der Waals surface area contributed by atoms with Gasteiger partial charge in [0.25, 0.3) is 0 Å². The molecule has 5 rings (SSSR count). The maximum Gasteiger partial charge on any atom is 0.163 e. The number of anilines is 2. The van der Waals surface area contributed by atoms with Crippen molar-refractivity contribution < 1.29 is 33.3 Å². The molecule has 59 heavy (non-hydrogen) atoms. The van der Waals surface area contributed by atoms with Crippen molar-refractivity contribution in [1.82, 2.24) is 4.98 Å². The molecule has 1 unspecified atom stereocenters. The lowest BCUT2D eigenvalue weighted by Gasteiger charge is -2.47. The molecule has 0 aliphatic carbocycles. The maximum absolute atomic E-state index is 12.7. The number of methoxy groups -OCH3 is 1. The van der Waals surface area contributed by atoms with Crippen molar-refractivity contribution in [2.45, 2.75) is 123 Å². The monoisotopic (exact) mass is 808 g/mol. The predicted molar refractivity (Wildman–Crippen MR) is 238 cm³/mol. The SMILES string of the molecule is CCCCCCCCC=CCCCCCCC(C(=O)[O-])[N+]1(CCOc2cc3nccc(Oc4ccc(Nc5ccc(C(C)(C)C)cc5)cc4)c3cc2OC)CCOCC1. The van der Waals surface area contributed by atoms with Crippen LogP contribution in [0, 0.1) is 0 Å². The second kappa shape index (κ2) is 23.3. The zero-order chi connectivity index (χ0) is 41.9. The first-order valence-corrected chi connectivity index (χ1v) is 22.2. The number of fused-ring (bicyclic) bond motifs is 1. The third kappa shape index (κ3) is 14.0. The minimum atomic E-state index is -0.985. The fourth-order valence-corrected chi connectivity index (χ4v) is 8.03. The van der Waals surface area contributed by atoms with Gasteiger partial charge in [-0.15, -0.1) is 0 Å². The number of benzene rings is 3. The van der Waals surface area contributed by atoms with Crippen LogP contribution in [0.15, 0.2) is 85.1 Å². The van der Waals surface area contributed by atoms with E-state index in [9.17, 15) is 9.90 Å². The predicted octanol–water partition coefficient (Wildman–Crippen LogP) is 11.1. The van der Waals surface area contributed by atoms with Gasteiger partial charge in [0.1, 0.15) is 43.8 Å². The Morgan fingerprint density at radius 1 is 0.831 bits per heavy atom. The summed E-state index contributed by atoms with van der Waals surface area (Å²) in [6.45, 7) is 12.0. The molecule has 1 N–H and O–H groups in total. The molecule has 1 atom stereocenters. The van der Waals surface area contributed by atoms with E-state index in [1.54, 1.807) is 13.3 Å². The number of carbonyl (C=O) groups excluding carboxylic acids is 1. The van der Waals surface area contributed by atoms with Crippen molar-refractivity contribution in [2.24, 2.45) is 0 Å². The molecular formula is C50H69N3O6. The second-order valence-corrected chi connectivity index (χ2v) is 17.1. The van der Waals surface area contributed by atoms with E-state index in [1.165, 1.54) is 50.5 Å². The number of aromatic nitrogens is 1. The van der Waals surface area contributed by atoms with Crippen molar-refractivity contribution >= 4 is 28.2 Å². The Kier molecular flexibility index (Phi) is 17.9. The number of nitrogens with zero attached hydrogens (tertiary/aromatic N) is 2. The number of aliphatic carboxylic acids is 1. The molecule has 1 saturated heterocycles. The van der Waals surface area contributed by atoms with E-state index in [-0.39, 0.29) is 5.41 Å². The van der Waals surface area contributed by atoms with Crippen LogP contribution >= 0.6 is 0 Å². The van der Waals surface area contributed by atoms with Crippen LogP contribution in [0.3, 0.4) is 0 Å². The van der Waals surface area contributed by atoms with Crippen molar-refractivity contribution in [3.05, 3.63) is 90.6 Å². The number of nitrogens with one attached hydrogen (secondary N) is 1. The summed E-state index contributed by atoms with van der Waals surface area (Å²) < 4.78 is 24.6. The average Bonchev–Trinajstić information content (AvgIpc) is 3.23. The number of morpholine rings is 1. The largest absolute Gasteiger partial charge is 0.544 e. The lowest BCUT2D eigenvalue weighted by atomic mass is 9.87. The van der Waals surface area contributed by atoms with Crippen molar-refractivity contribution in [2.75, 3.05) is 51.9 Å². The molecule has 320 valence electrons. The molecule has 4 aromatic rings. The summed E-state index contributed by atoms with van der Waals surface area (Å²) in [5, 5.41) is 16.9. The molecule has 0 radical (unpaired) electrons. The quantitative estimate of drug-likeness (QED) is 0.0401. The second-order valence-electron chi connectivity index (χ2n) is 17.1. The number of pyridine rings is 1. The smallest absolute Gasteiger partial charge is 0.163 e. The van der Waals surface area contributed by atoms with E-state index >= 15 is 0 Å². The van der Waals surface area contributed by atoms with Crippen LogP contribution < -0.4 is 24.6 Å². The number of unbranched alkanes of at least 4 members (excludes halogenated alkanes) is 10. The number of hydrogen-bond acceptors (Lipinski definition) is 8. The van der Waals surface area contributed by atoms with E-state index in [0.717, 1.165) is 48.9 Å². The van der Waals surface area contributed by atoms with E-state index in [2.05, 4.69) is 74.4 Å². The Morgan fingerprint density at radius 2 is 1.46 bits per heavy atom. The van der Waals surface area contributed by atoms with Crippen molar-refractivity contribution in [3.8, 4) is 23.0 Å². The van der Waals surface area contributed by atoms with Gasteiger partial charge in [-0.3, -0.25) is 4.98 Å². The summed E-state index contributed by atoms with van der Waals surface area (Å²) in [6, 6.07) is 21.4. The highest BCUT2D eigenvalue weighted by Gasteiger charge is 2.39. The van der Waals surface area contributed by atoms with E-state index in [0.29, 0.717) is 78.9 Å². The van der Waals surface area contributed by atoms with Crippen LogP contribution in [0.5, 0.6) is 23.0 Å². The first-order valence-electron chi connectivity index (χ1n) is 22.2. The topological polar surface area (TPSA) is 102 Å². The number of quaternary nitrogens is 1. The van der Waals surface area contributed by atoms with Crippen LogP contribution in [0.4, 0.5) is 11.4 Å². The zero-order valence-electron chi connectivity index (χ0n) is 36.4. The lowest BCUT2D eigenvalue weighted by Crippen LogP contribution is -2.66. The molecule has 1 aromatic heterocycles. The molecule has 2 heterocycles. The molecule has 1 fully saturated rings. The van der Waals surface area contributed by atoms with E-state index in [1.807, 2.05) is 42.5 Å². The number of ether oxygens (including phenoxy) is 4. The lowest BCUT2D eigenvalue weighted by molar-refractivity contribution is -0.951. The van der Waals surface area contributed by atoms with Gasteiger partial charge in [-0.2, -0.15) is 0 Å². The Balaban J connectivity index is 1.14. The molecule has 9 heteroatoms. The van der Waals surface area contributed by atoms with Crippen LogP contribution in [-0.2, 0) is 14.9 Å². The van der Waals surface area contributed by atoms with E-state index in [4.69, 9.17) is 18.9 Å². The highest BCUT2D eigenvalue weighted by molar-refractivity contribution is 5.88. The molecule has 0 spiro atoms. The number of allylic oxidation sites excluding steroid dienone is 2. The molecular weight excluding hydrogens is 739 g/mol. The Labute approximate surface area is 353 Å². The van der Waals surface area contributed by atoms with Crippen LogP contribution in [-0.4, -0.2) is 68.0 Å². The number of hydrogen-bond donors (Lipinski definition) is 1. The minimum Gasteiger partial charge on any atom is -0.544 e. The fourth-order valence-electron chi connectivity index (χ4n) is 8.03. The molecule has 0 bridgehead atoms. The first-order chi connectivity index (χ1) is 28.6. The van der Waals surface area contributed by atoms with Gasteiger partial charge < -0.3 is 38.6 Å². The molecule has 0 saturated carbocycles. The van der Waals surface area contributed by atoms with E-state index < -0.39 is 12.0 Å². The van der Waals surface area contributed by atoms with Crippen molar-refractivity contribution in [1.29, 1.82) is 0 Å². The number of carboxylic acids is 1. The number of carboxylic acid groups (broad SMARTS) is 1. The Bertz CT molecular complexity index is 1880. The number of rotatable bonds is 25. The zero-order valence-corrected chi connectivity index (χ0v) is 36.4. The van der Waals surface area contributed by atoms with Gasteiger partial charge in [0.15, 0.2) is 11.5 Å². The fraction of sp³-hybridized carbons (Fsp3) is 0.520. The summed E-state index contributed by atoms with van der Waals surface area (Å²) in [5.74, 6) is 1.45. The van der Waals surface area contributed by atoms with Gasteiger partial charge in [-0.25, -0.2) is 0 Å². The van der Waals surface area contributed by atoms with Crippen LogP contribution in [0.25, 0.3) is 10.9 Å². The Hall–Kier alpha value is -4.60. The van der Waals surface area contributed by atoms with Gasteiger partial charge in [-0.05, 0) is 91.6 Å². The highest BCUT2D eigenvalue weighted by atomic mass is 16.5. The number of carbonyl (C=O) groups is 1. The van der Waals surface area contributed by atoms with Gasteiger partial charge in [0.05, 0.1) is 31.8 Å². The summed E-state index contributed by atoms with van der Waals surface area (Å²) in [7, 11) is 1.61. The average molecular weight is 808 g/mol. The molecule has 1 aliphatic heterocycles. The summed E-state index contributed by atoms with van der Waals surface area (Å²) in [5.41, 5.74) is 4.09. The Morgan fingerprint density at radius 3 is 2.08 bits per heavy atom. The standard InChI is InChI=1S/C50H69N3O6/c1-6-7-8-9-10-11-12-13-14-15-16-17-18-19-20-45(49(54)55)53(31-34-57-35-32-53)33-36-58-48-38-44-43(37-47(48)56-5)46(29-30-51-44)59-42-27-25-41(26-28-42)52-40-23-21-39(22-24-40)50(2,3)4/h13-14,21-30,37-38,45,52H,6-12,15-20,31-36H2,1-5H3. The highest BCUT2D eigenvalue weighted by Crippen LogP contribution is 2.38. The van der Waals surface area contributed by atoms with Crippen molar-refractivity contribution in [3.63, 3.8) is 0 Å². The van der Waals surface area contributed by atoms with Crippen LogP contribution in [0.2, 0.25) is 0 Å². The third-order valence-corrected chi connectivity index (χ3v) is 11.7. The first kappa shape index (κ1) is 45.5. The molecule has 1 aliphatic rings. The summed E-state index contributed by atoms with van der Waals surface area (Å²) in [6.07, 6.45) is 21.4. The summed E-state index contributed by atoms with van der Waals surface area (Å²) in [4.78, 5) is 17.3.